The van der Waals surface area contributed by atoms with Crippen LogP contribution in [0, 0.1) is 0 Å². The van der Waals surface area contributed by atoms with E-state index in [0.29, 0.717) is 6.04 Å². The van der Waals surface area contributed by atoms with Crippen LogP contribution in [-0.4, -0.2) is 29.4 Å². The fourth-order valence-electron chi connectivity index (χ4n) is 1.74. The molecule has 0 bridgehead atoms. The van der Waals surface area contributed by atoms with Crippen LogP contribution in [0.1, 0.15) is 27.7 Å². The molecule has 3 nitrogen and oxygen atoms in total. The Kier molecular flexibility index (Phi) is 4.97. The highest BCUT2D eigenvalue weighted by Gasteiger charge is 2.28. The molecule has 96 valence electrons. The Hall–Kier alpha value is -1.06. The first-order chi connectivity index (χ1) is 7.92. The van der Waals surface area contributed by atoms with Crippen LogP contribution in [-0.2, 0) is 0 Å². The van der Waals surface area contributed by atoms with Gasteiger partial charge in [-0.25, -0.2) is 0 Å². The quantitative estimate of drug-likeness (QED) is 0.797. The van der Waals surface area contributed by atoms with Gasteiger partial charge in [-0.05, 0) is 26.0 Å². The molecule has 0 saturated carbocycles. The Labute approximate surface area is 104 Å². The van der Waals surface area contributed by atoms with E-state index in [1.807, 2.05) is 44.2 Å². The fraction of sp³-hybridized carbons (Fsp3) is 0.571. The van der Waals surface area contributed by atoms with Crippen molar-refractivity contribution in [3.05, 3.63) is 30.3 Å². The molecular weight excluding hydrogens is 214 g/mol. The molecule has 17 heavy (non-hydrogen) atoms. The lowest BCUT2D eigenvalue weighted by Crippen LogP contribution is -2.54. The fourth-order valence-corrected chi connectivity index (χ4v) is 1.74. The smallest absolute Gasteiger partial charge is 0.119 e. The molecule has 0 saturated heterocycles. The van der Waals surface area contributed by atoms with Crippen molar-refractivity contribution in [2.45, 2.75) is 45.4 Å². The molecule has 1 atom stereocenters. The van der Waals surface area contributed by atoms with E-state index in [0.717, 1.165) is 5.75 Å². The summed E-state index contributed by atoms with van der Waals surface area (Å²) in [7, 11) is 0. The second-order valence-electron chi connectivity index (χ2n) is 5.16. The van der Waals surface area contributed by atoms with Gasteiger partial charge in [0.15, 0.2) is 0 Å². The summed E-state index contributed by atoms with van der Waals surface area (Å²) in [5, 5.41) is 13.4. The van der Waals surface area contributed by atoms with Gasteiger partial charge in [0.25, 0.3) is 0 Å². The number of ether oxygens (including phenoxy) is 1. The Balaban J connectivity index is 2.46. The molecule has 0 radical (unpaired) electrons. The van der Waals surface area contributed by atoms with Gasteiger partial charge < -0.3 is 15.2 Å². The summed E-state index contributed by atoms with van der Waals surface area (Å²) in [4.78, 5) is 0. The van der Waals surface area contributed by atoms with Gasteiger partial charge in [0.2, 0.25) is 0 Å². The minimum absolute atomic E-state index is 0.288. The first kappa shape index (κ1) is 14.0. The molecule has 2 N–H and O–H groups in total. The van der Waals surface area contributed by atoms with Crippen LogP contribution in [0.3, 0.4) is 0 Å². The lowest BCUT2D eigenvalue weighted by Gasteiger charge is -2.33. The van der Waals surface area contributed by atoms with Crippen molar-refractivity contribution in [1.82, 2.24) is 5.32 Å². The van der Waals surface area contributed by atoms with Crippen LogP contribution < -0.4 is 10.1 Å². The van der Waals surface area contributed by atoms with Crippen molar-refractivity contribution >= 4 is 0 Å². The molecule has 0 aliphatic carbocycles. The average molecular weight is 237 g/mol. The SMILES string of the molecule is CC(C)NC(C)(C)C(O)COc1ccccc1. The number of aliphatic hydroxyl groups is 1. The maximum Gasteiger partial charge on any atom is 0.119 e. The number of aliphatic hydroxyl groups excluding tert-OH is 1. The van der Waals surface area contributed by atoms with Crippen molar-refractivity contribution in [3.63, 3.8) is 0 Å². The van der Waals surface area contributed by atoms with Gasteiger partial charge in [0, 0.05) is 11.6 Å². The molecule has 1 aromatic carbocycles. The van der Waals surface area contributed by atoms with Gasteiger partial charge in [-0.2, -0.15) is 0 Å². The number of hydrogen-bond acceptors (Lipinski definition) is 3. The Morgan fingerprint density at radius 1 is 1.24 bits per heavy atom. The summed E-state index contributed by atoms with van der Waals surface area (Å²) in [5.74, 6) is 0.784. The van der Waals surface area contributed by atoms with Crippen molar-refractivity contribution in [2.24, 2.45) is 0 Å². The molecule has 0 amide bonds. The molecule has 1 rings (SSSR count). The zero-order chi connectivity index (χ0) is 12.9. The summed E-state index contributed by atoms with van der Waals surface area (Å²) in [6.07, 6.45) is -0.551. The van der Waals surface area contributed by atoms with Crippen molar-refractivity contribution in [2.75, 3.05) is 6.61 Å². The zero-order valence-corrected chi connectivity index (χ0v) is 11.1. The Morgan fingerprint density at radius 2 is 1.82 bits per heavy atom. The third-order valence-corrected chi connectivity index (χ3v) is 2.64. The minimum atomic E-state index is -0.551. The summed E-state index contributed by atoms with van der Waals surface area (Å²) >= 11 is 0. The maximum absolute atomic E-state index is 10.1. The minimum Gasteiger partial charge on any atom is -0.491 e. The summed E-state index contributed by atoms with van der Waals surface area (Å²) in [6.45, 7) is 8.37. The van der Waals surface area contributed by atoms with E-state index in [9.17, 15) is 5.11 Å². The molecule has 0 aliphatic heterocycles. The van der Waals surface area contributed by atoms with E-state index in [1.54, 1.807) is 0 Å². The number of benzene rings is 1. The molecule has 0 aliphatic rings. The highest BCUT2D eigenvalue weighted by Crippen LogP contribution is 2.14. The van der Waals surface area contributed by atoms with E-state index in [1.165, 1.54) is 0 Å². The lowest BCUT2D eigenvalue weighted by atomic mass is 9.97. The standard InChI is InChI=1S/C14H23NO2/c1-11(2)15-14(3,4)13(16)10-17-12-8-6-5-7-9-12/h5-9,11,13,15-16H,10H2,1-4H3. The van der Waals surface area contributed by atoms with Crippen LogP contribution in [0.4, 0.5) is 0 Å². The molecule has 1 unspecified atom stereocenters. The summed E-state index contributed by atoms with van der Waals surface area (Å²) < 4.78 is 5.55. The van der Waals surface area contributed by atoms with Crippen LogP contribution in [0.25, 0.3) is 0 Å². The van der Waals surface area contributed by atoms with Gasteiger partial charge in [-0.1, -0.05) is 32.0 Å². The molecular formula is C14H23NO2. The number of hydrogen-bond donors (Lipinski definition) is 2. The zero-order valence-electron chi connectivity index (χ0n) is 11.1. The van der Waals surface area contributed by atoms with Crippen LogP contribution in [0.5, 0.6) is 5.75 Å². The van der Waals surface area contributed by atoms with E-state index >= 15 is 0 Å². The van der Waals surface area contributed by atoms with E-state index in [4.69, 9.17) is 4.74 Å². The second kappa shape index (κ2) is 6.03. The maximum atomic E-state index is 10.1. The highest BCUT2D eigenvalue weighted by atomic mass is 16.5. The predicted molar refractivity (Wildman–Crippen MR) is 70.3 cm³/mol. The number of nitrogens with one attached hydrogen (secondary N) is 1. The molecule has 0 spiro atoms. The van der Waals surface area contributed by atoms with Crippen molar-refractivity contribution in [1.29, 1.82) is 0 Å². The van der Waals surface area contributed by atoms with Crippen molar-refractivity contribution < 1.29 is 9.84 Å². The monoisotopic (exact) mass is 237 g/mol. The topological polar surface area (TPSA) is 41.5 Å². The van der Waals surface area contributed by atoms with E-state index in [-0.39, 0.29) is 12.1 Å². The molecule has 0 heterocycles. The predicted octanol–water partition coefficient (Wildman–Crippen LogP) is 2.20. The highest BCUT2D eigenvalue weighted by molar-refractivity contribution is 5.21. The largest absolute Gasteiger partial charge is 0.491 e. The second-order valence-corrected chi connectivity index (χ2v) is 5.16. The summed E-state index contributed by atoms with van der Waals surface area (Å²) in [5.41, 5.74) is -0.358. The van der Waals surface area contributed by atoms with Crippen LogP contribution in [0.15, 0.2) is 30.3 Å². The van der Waals surface area contributed by atoms with Gasteiger partial charge in [0.05, 0.1) is 0 Å². The molecule has 1 aromatic rings. The van der Waals surface area contributed by atoms with Gasteiger partial charge in [0.1, 0.15) is 18.5 Å². The molecule has 0 fully saturated rings. The third kappa shape index (κ3) is 4.75. The third-order valence-electron chi connectivity index (χ3n) is 2.64. The van der Waals surface area contributed by atoms with Gasteiger partial charge in [-0.3, -0.25) is 0 Å². The summed E-state index contributed by atoms with van der Waals surface area (Å²) in [6, 6.07) is 9.87. The Bertz CT molecular complexity index is 322. The number of rotatable bonds is 6. The molecule has 3 heteroatoms. The van der Waals surface area contributed by atoms with Crippen LogP contribution >= 0.6 is 0 Å². The van der Waals surface area contributed by atoms with Crippen molar-refractivity contribution in [3.8, 4) is 5.75 Å². The normalized spacial score (nSPS) is 13.8. The first-order valence-electron chi connectivity index (χ1n) is 6.05. The van der Waals surface area contributed by atoms with Crippen LogP contribution in [0.2, 0.25) is 0 Å². The average Bonchev–Trinajstić information content (AvgIpc) is 2.25. The number of para-hydroxylation sites is 1. The van der Waals surface area contributed by atoms with Gasteiger partial charge >= 0.3 is 0 Å². The van der Waals surface area contributed by atoms with Gasteiger partial charge in [-0.15, -0.1) is 0 Å². The molecule has 0 aromatic heterocycles. The van der Waals surface area contributed by atoms with E-state index in [2.05, 4.69) is 19.2 Å². The first-order valence-corrected chi connectivity index (χ1v) is 6.05. The Morgan fingerprint density at radius 3 is 2.35 bits per heavy atom. The lowest BCUT2D eigenvalue weighted by molar-refractivity contribution is 0.0336. The van der Waals surface area contributed by atoms with E-state index < -0.39 is 6.10 Å².